The summed E-state index contributed by atoms with van der Waals surface area (Å²) in [6.07, 6.45) is -9.31. The maximum absolute atomic E-state index is 13.2. The van der Waals surface area contributed by atoms with Gasteiger partial charge in [-0.05, 0) is 13.8 Å². The lowest BCUT2D eigenvalue weighted by Gasteiger charge is -2.31. The molecule has 20 heavy (non-hydrogen) atoms. The Balaban J connectivity index is 4.97. The Bertz CT molecular complexity index is 290. The molecule has 1 unspecified atom stereocenters. The van der Waals surface area contributed by atoms with Gasteiger partial charge in [-0.15, -0.1) is 0 Å². The molecular weight excluding hydrogens is 412 g/mol. The lowest BCUT2D eigenvalue weighted by molar-refractivity contribution is -0.356. The molecule has 0 aliphatic carbocycles. The minimum absolute atomic E-state index is 0.0470. The highest BCUT2D eigenvalue weighted by molar-refractivity contribution is 14.1. The molecule has 2 nitrogen and oxygen atoms in total. The van der Waals surface area contributed by atoms with Crippen LogP contribution in [0.1, 0.15) is 20.3 Å². The van der Waals surface area contributed by atoms with E-state index in [4.69, 9.17) is 9.47 Å². The minimum atomic E-state index is -6.32. The van der Waals surface area contributed by atoms with Crippen molar-refractivity contribution in [3.8, 4) is 0 Å². The fourth-order valence-electron chi connectivity index (χ4n) is 1.26. The average molecular weight is 426 g/mol. The highest BCUT2D eigenvalue weighted by Gasteiger charge is 2.73. The Morgan fingerprint density at radius 3 is 1.60 bits per heavy atom. The van der Waals surface area contributed by atoms with Crippen molar-refractivity contribution in [3.05, 3.63) is 0 Å². The first kappa shape index (κ1) is 20.2. The quantitative estimate of drug-likeness (QED) is 0.248. The third kappa shape index (κ3) is 4.86. The van der Waals surface area contributed by atoms with E-state index in [1.165, 1.54) is 36.4 Å². The molecular formula is C10H14F7IO2. The van der Waals surface area contributed by atoms with Crippen LogP contribution in [0.15, 0.2) is 0 Å². The molecule has 0 aliphatic rings. The Hall–Kier alpha value is 0.160. The monoisotopic (exact) mass is 426 g/mol. The van der Waals surface area contributed by atoms with E-state index in [2.05, 4.69) is 0 Å². The first-order valence-corrected chi connectivity index (χ1v) is 6.84. The summed E-state index contributed by atoms with van der Waals surface area (Å²) < 4.78 is 96.3. The largest absolute Gasteiger partial charge is 0.459 e. The Morgan fingerprint density at radius 1 is 0.900 bits per heavy atom. The van der Waals surface area contributed by atoms with E-state index >= 15 is 0 Å². The first-order chi connectivity index (χ1) is 8.90. The van der Waals surface area contributed by atoms with E-state index < -0.39 is 34.7 Å². The smallest absolute Gasteiger partial charge is 0.352 e. The van der Waals surface area contributed by atoms with Gasteiger partial charge in [0.15, 0.2) is 6.29 Å². The molecule has 0 aromatic heterocycles. The van der Waals surface area contributed by atoms with E-state index in [1.807, 2.05) is 0 Å². The van der Waals surface area contributed by atoms with E-state index in [1.54, 1.807) is 0 Å². The molecule has 0 amide bonds. The molecule has 10 heteroatoms. The fourth-order valence-corrected chi connectivity index (χ4v) is 2.23. The van der Waals surface area contributed by atoms with Crippen LogP contribution in [0.5, 0.6) is 0 Å². The van der Waals surface area contributed by atoms with Gasteiger partial charge in [0.25, 0.3) is 0 Å². The summed E-state index contributed by atoms with van der Waals surface area (Å²) in [5, 5.41) is 0. The number of ether oxygens (including phenoxy) is 2. The summed E-state index contributed by atoms with van der Waals surface area (Å²) in [4.78, 5) is 0. The predicted molar refractivity (Wildman–Crippen MR) is 65.4 cm³/mol. The standard InChI is InChI=1S/C10H14F7IO2/c1-3-19-7(20-4-2)6(18)5-8(11,12)9(13,14)10(15,16)17/h6-7H,3-5H2,1-2H3. The van der Waals surface area contributed by atoms with Crippen molar-refractivity contribution in [2.45, 2.75) is 48.5 Å². The average Bonchev–Trinajstić information content (AvgIpc) is 2.26. The van der Waals surface area contributed by atoms with Crippen LogP contribution < -0.4 is 0 Å². The molecule has 0 saturated heterocycles. The number of hydrogen-bond acceptors (Lipinski definition) is 2. The first-order valence-electron chi connectivity index (χ1n) is 5.60. The summed E-state index contributed by atoms with van der Waals surface area (Å²) in [6.45, 7) is 3.12. The second kappa shape index (κ2) is 7.43. The van der Waals surface area contributed by atoms with Crippen molar-refractivity contribution in [2.75, 3.05) is 13.2 Å². The summed E-state index contributed by atoms with van der Waals surface area (Å²) in [6, 6.07) is 0. The molecule has 0 aromatic rings. The Morgan fingerprint density at radius 2 is 1.30 bits per heavy atom. The summed E-state index contributed by atoms with van der Waals surface area (Å²) >= 11 is 1.31. The molecule has 0 radical (unpaired) electrons. The Labute approximate surface area is 125 Å². The highest BCUT2D eigenvalue weighted by Crippen LogP contribution is 2.49. The third-order valence-electron chi connectivity index (χ3n) is 2.22. The molecule has 0 saturated carbocycles. The maximum atomic E-state index is 13.2. The SMILES string of the molecule is CCOC(OCC)C(I)CC(F)(F)C(F)(F)C(F)(F)F. The third-order valence-corrected chi connectivity index (χ3v) is 3.25. The van der Waals surface area contributed by atoms with Crippen LogP contribution in [-0.4, -0.2) is 41.4 Å². The zero-order chi connectivity index (χ0) is 16.2. The van der Waals surface area contributed by atoms with Crippen molar-refractivity contribution in [1.29, 1.82) is 0 Å². The van der Waals surface area contributed by atoms with Crippen LogP contribution in [0.25, 0.3) is 0 Å². The molecule has 0 N–H and O–H groups in total. The van der Waals surface area contributed by atoms with Crippen molar-refractivity contribution < 1.29 is 40.2 Å². The van der Waals surface area contributed by atoms with Crippen molar-refractivity contribution in [3.63, 3.8) is 0 Å². The van der Waals surface area contributed by atoms with Gasteiger partial charge in [0.2, 0.25) is 0 Å². The van der Waals surface area contributed by atoms with Gasteiger partial charge in [-0.1, -0.05) is 22.6 Å². The van der Waals surface area contributed by atoms with Crippen molar-refractivity contribution in [2.24, 2.45) is 0 Å². The van der Waals surface area contributed by atoms with Gasteiger partial charge in [0.05, 0.1) is 3.92 Å². The fraction of sp³-hybridized carbons (Fsp3) is 1.00. The Kier molecular flexibility index (Phi) is 7.49. The van der Waals surface area contributed by atoms with Gasteiger partial charge in [-0.3, -0.25) is 0 Å². The molecule has 0 aromatic carbocycles. The molecule has 0 fully saturated rings. The van der Waals surface area contributed by atoms with Gasteiger partial charge < -0.3 is 9.47 Å². The zero-order valence-corrected chi connectivity index (χ0v) is 12.8. The summed E-state index contributed by atoms with van der Waals surface area (Å²) in [5.41, 5.74) is 0. The number of alkyl halides is 8. The number of halogens is 8. The van der Waals surface area contributed by atoms with Gasteiger partial charge >= 0.3 is 18.0 Å². The second-order valence-corrected chi connectivity index (χ2v) is 5.38. The second-order valence-electron chi connectivity index (χ2n) is 3.78. The normalized spacial score (nSPS) is 15.8. The van der Waals surface area contributed by atoms with Crippen LogP contribution in [0, 0.1) is 0 Å². The number of hydrogen-bond donors (Lipinski definition) is 0. The van der Waals surface area contributed by atoms with Crippen LogP contribution >= 0.6 is 22.6 Å². The summed E-state index contributed by atoms with van der Waals surface area (Å²) in [7, 11) is 0. The van der Waals surface area contributed by atoms with E-state index in [0.29, 0.717) is 0 Å². The molecule has 122 valence electrons. The maximum Gasteiger partial charge on any atom is 0.459 e. The molecule has 0 bridgehead atoms. The van der Waals surface area contributed by atoms with Gasteiger partial charge in [0.1, 0.15) is 0 Å². The van der Waals surface area contributed by atoms with Crippen LogP contribution in [0.3, 0.4) is 0 Å². The van der Waals surface area contributed by atoms with Crippen LogP contribution in [0.4, 0.5) is 30.7 Å². The zero-order valence-electron chi connectivity index (χ0n) is 10.6. The number of rotatable bonds is 8. The molecule has 0 heterocycles. The van der Waals surface area contributed by atoms with E-state index in [9.17, 15) is 30.7 Å². The topological polar surface area (TPSA) is 18.5 Å². The predicted octanol–water partition coefficient (Wildman–Crippen LogP) is 4.41. The lowest BCUT2D eigenvalue weighted by Crippen LogP contribution is -2.53. The minimum Gasteiger partial charge on any atom is -0.352 e. The van der Waals surface area contributed by atoms with Crippen molar-refractivity contribution in [1.82, 2.24) is 0 Å². The van der Waals surface area contributed by atoms with E-state index in [0.717, 1.165) is 0 Å². The molecule has 0 spiro atoms. The van der Waals surface area contributed by atoms with Gasteiger partial charge in [-0.2, -0.15) is 30.7 Å². The molecule has 0 rings (SSSR count). The van der Waals surface area contributed by atoms with Crippen LogP contribution in [0.2, 0.25) is 0 Å². The highest BCUT2D eigenvalue weighted by atomic mass is 127. The van der Waals surface area contributed by atoms with Gasteiger partial charge in [-0.25, -0.2) is 0 Å². The molecule has 1 atom stereocenters. The van der Waals surface area contributed by atoms with Gasteiger partial charge in [0, 0.05) is 19.6 Å². The van der Waals surface area contributed by atoms with Crippen molar-refractivity contribution >= 4 is 22.6 Å². The lowest BCUT2D eigenvalue weighted by atomic mass is 10.1. The molecule has 0 aliphatic heterocycles. The van der Waals surface area contributed by atoms with E-state index in [-0.39, 0.29) is 13.2 Å². The van der Waals surface area contributed by atoms with Crippen LogP contribution in [-0.2, 0) is 9.47 Å². The summed E-state index contributed by atoms with van der Waals surface area (Å²) in [5.74, 6) is -11.4.